The summed E-state index contributed by atoms with van der Waals surface area (Å²) in [7, 11) is 3.36. The number of aliphatic imine (C=N–C) groups is 1. The zero-order valence-electron chi connectivity index (χ0n) is 16.6. The lowest BCUT2D eigenvalue weighted by Gasteiger charge is -2.15. The van der Waals surface area contributed by atoms with E-state index in [4.69, 9.17) is 18.9 Å². The molecule has 2 aromatic rings. The number of guanidine groups is 1. The number of anilines is 1. The molecule has 1 aromatic carbocycles. The summed E-state index contributed by atoms with van der Waals surface area (Å²) in [6.45, 7) is 2.79. The maximum atomic E-state index is 5.74. The molecule has 2 heterocycles. The highest BCUT2D eigenvalue weighted by molar-refractivity contribution is 14.0. The van der Waals surface area contributed by atoms with Gasteiger partial charge in [0.2, 0.25) is 5.88 Å². The second-order valence-corrected chi connectivity index (χ2v) is 6.07. The average molecular weight is 514 g/mol. The molecular weight excluding hydrogens is 487 g/mol. The average Bonchev–Trinajstić information content (AvgIpc) is 2.97. The van der Waals surface area contributed by atoms with Crippen molar-refractivity contribution in [3.63, 3.8) is 0 Å². The number of nitrogens with one attached hydrogen (secondary N) is 2. The maximum Gasteiger partial charge on any atom is 0.218 e. The van der Waals surface area contributed by atoms with E-state index in [1.165, 1.54) is 0 Å². The highest BCUT2D eigenvalue weighted by Crippen LogP contribution is 2.32. The summed E-state index contributed by atoms with van der Waals surface area (Å²) < 4.78 is 22.1. The Kier molecular flexibility index (Phi) is 9.78. The second-order valence-electron chi connectivity index (χ2n) is 6.07. The number of halogens is 1. The van der Waals surface area contributed by atoms with Crippen LogP contribution in [0.15, 0.2) is 41.5 Å². The van der Waals surface area contributed by atoms with E-state index in [9.17, 15) is 0 Å². The van der Waals surface area contributed by atoms with E-state index >= 15 is 0 Å². The van der Waals surface area contributed by atoms with Crippen molar-refractivity contribution in [3.8, 4) is 17.4 Å². The molecule has 29 heavy (non-hydrogen) atoms. The van der Waals surface area contributed by atoms with E-state index in [-0.39, 0.29) is 24.0 Å². The molecule has 2 N–H and O–H groups in total. The summed E-state index contributed by atoms with van der Waals surface area (Å²) in [5.41, 5.74) is 1.79. The van der Waals surface area contributed by atoms with Gasteiger partial charge in [-0.3, -0.25) is 4.99 Å². The van der Waals surface area contributed by atoms with E-state index in [0.717, 1.165) is 29.2 Å². The molecule has 1 aromatic heterocycles. The van der Waals surface area contributed by atoms with Gasteiger partial charge in [0.05, 0.1) is 19.8 Å². The van der Waals surface area contributed by atoms with Gasteiger partial charge in [0.1, 0.15) is 6.61 Å². The Hall–Kier alpha value is -2.27. The Balaban J connectivity index is 0.00000300. The predicted octanol–water partition coefficient (Wildman–Crippen LogP) is 3.07. The van der Waals surface area contributed by atoms with Gasteiger partial charge in [-0.15, -0.1) is 24.0 Å². The zero-order valence-corrected chi connectivity index (χ0v) is 19.0. The predicted molar refractivity (Wildman–Crippen MR) is 123 cm³/mol. The molecule has 158 valence electrons. The molecule has 1 aliphatic rings. The summed E-state index contributed by atoms with van der Waals surface area (Å²) in [4.78, 5) is 8.56. The largest absolute Gasteiger partial charge is 0.490 e. The number of aromatic nitrogens is 1. The first-order chi connectivity index (χ1) is 13.8. The van der Waals surface area contributed by atoms with Gasteiger partial charge in [0.15, 0.2) is 17.5 Å². The standard InChI is InChI=1S/C20H26N4O4.HI/c1-21-20(23-14-15-5-3-8-22-19(15)28-12-11-25-2)24-16-6-7-17-18(13-16)27-10-4-9-26-17;/h3,5-8,13H,4,9-12,14H2,1-2H3,(H2,21,23,24);1H. The molecule has 3 rings (SSSR count). The van der Waals surface area contributed by atoms with Crippen molar-refractivity contribution >= 4 is 35.6 Å². The number of hydrogen-bond donors (Lipinski definition) is 2. The number of hydrogen-bond acceptors (Lipinski definition) is 6. The van der Waals surface area contributed by atoms with Crippen molar-refractivity contribution in [2.24, 2.45) is 4.99 Å². The second kappa shape index (κ2) is 12.3. The van der Waals surface area contributed by atoms with E-state index < -0.39 is 0 Å². The van der Waals surface area contributed by atoms with Gasteiger partial charge in [-0.2, -0.15) is 0 Å². The smallest absolute Gasteiger partial charge is 0.218 e. The number of benzene rings is 1. The van der Waals surface area contributed by atoms with Crippen molar-refractivity contribution in [3.05, 3.63) is 42.1 Å². The molecule has 0 fully saturated rings. The van der Waals surface area contributed by atoms with Crippen LogP contribution in [0, 0.1) is 0 Å². The van der Waals surface area contributed by atoms with Crippen LogP contribution in [0.3, 0.4) is 0 Å². The number of fused-ring (bicyclic) bond motifs is 1. The van der Waals surface area contributed by atoms with Gasteiger partial charge in [0.25, 0.3) is 0 Å². The molecule has 0 bridgehead atoms. The lowest BCUT2D eigenvalue weighted by Crippen LogP contribution is -2.30. The minimum Gasteiger partial charge on any atom is -0.490 e. The minimum atomic E-state index is 0. The van der Waals surface area contributed by atoms with Crippen LogP contribution in [0.1, 0.15) is 12.0 Å². The Morgan fingerprint density at radius 2 is 2.00 bits per heavy atom. The number of rotatable bonds is 7. The topological polar surface area (TPSA) is 86.2 Å². The molecule has 1 aliphatic heterocycles. The minimum absolute atomic E-state index is 0. The quantitative estimate of drug-likeness (QED) is 0.254. The molecular formula is C20H27IN4O4. The van der Waals surface area contributed by atoms with Crippen LogP contribution in [0.25, 0.3) is 0 Å². The first-order valence-corrected chi connectivity index (χ1v) is 9.23. The number of methoxy groups -OCH3 is 1. The van der Waals surface area contributed by atoms with Crippen molar-refractivity contribution in [1.29, 1.82) is 0 Å². The molecule has 0 spiro atoms. The fourth-order valence-electron chi connectivity index (χ4n) is 2.65. The zero-order chi connectivity index (χ0) is 19.6. The van der Waals surface area contributed by atoms with Crippen LogP contribution in [-0.4, -0.2) is 51.5 Å². The van der Waals surface area contributed by atoms with E-state index in [1.54, 1.807) is 20.4 Å². The summed E-state index contributed by atoms with van der Waals surface area (Å²) in [5.74, 6) is 2.71. The van der Waals surface area contributed by atoms with Crippen LogP contribution < -0.4 is 24.8 Å². The van der Waals surface area contributed by atoms with Crippen LogP contribution >= 0.6 is 24.0 Å². The van der Waals surface area contributed by atoms with Gasteiger partial charge in [0, 0.05) is 50.6 Å². The fraction of sp³-hybridized carbons (Fsp3) is 0.400. The van der Waals surface area contributed by atoms with Crippen molar-refractivity contribution in [1.82, 2.24) is 10.3 Å². The molecule has 0 radical (unpaired) electrons. The summed E-state index contributed by atoms with van der Waals surface area (Å²) >= 11 is 0. The van der Waals surface area contributed by atoms with Crippen molar-refractivity contribution < 1.29 is 18.9 Å². The van der Waals surface area contributed by atoms with E-state index in [0.29, 0.717) is 44.8 Å². The van der Waals surface area contributed by atoms with Gasteiger partial charge in [-0.05, 0) is 18.2 Å². The first-order valence-electron chi connectivity index (χ1n) is 9.23. The Bertz CT molecular complexity index is 804. The van der Waals surface area contributed by atoms with E-state index in [1.807, 2.05) is 30.3 Å². The molecule has 0 saturated heterocycles. The normalized spacial score (nSPS) is 13.1. The maximum absolute atomic E-state index is 5.74. The summed E-state index contributed by atoms with van der Waals surface area (Å²) in [6, 6.07) is 9.59. The highest BCUT2D eigenvalue weighted by atomic mass is 127. The molecule has 8 nitrogen and oxygen atoms in total. The molecule has 0 saturated carbocycles. The van der Waals surface area contributed by atoms with Crippen LogP contribution in [0.2, 0.25) is 0 Å². The summed E-state index contributed by atoms with van der Waals surface area (Å²) in [5, 5.41) is 6.54. The van der Waals surface area contributed by atoms with Gasteiger partial charge in [-0.25, -0.2) is 4.98 Å². The SMILES string of the molecule is CN=C(NCc1cccnc1OCCOC)Nc1ccc2c(c1)OCCCO2.I. The monoisotopic (exact) mass is 514 g/mol. The number of nitrogens with zero attached hydrogens (tertiary/aromatic N) is 2. The Morgan fingerprint density at radius 3 is 2.79 bits per heavy atom. The van der Waals surface area contributed by atoms with Gasteiger partial charge < -0.3 is 29.6 Å². The lowest BCUT2D eigenvalue weighted by molar-refractivity contribution is 0.143. The lowest BCUT2D eigenvalue weighted by atomic mass is 10.2. The fourth-order valence-corrected chi connectivity index (χ4v) is 2.65. The summed E-state index contributed by atoms with van der Waals surface area (Å²) in [6.07, 6.45) is 2.58. The van der Waals surface area contributed by atoms with Crippen LogP contribution in [0.5, 0.6) is 17.4 Å². The van der Waals surface area contributed by atoms with Crippen molar-refractivity contribution in [2.45, 2.75) is 13.0 Å². The van der Waals surface area contributed by atoms with Crippen molar-refractivity contribution in [2.75, 3.05) is 45.9 Å². The van der Waals surface area contributed by atoms with Crippen LogP contribution in [-0.2, 0) is 11.3 Å². The molecule has 0 atom stereocenters. The van der Waals surface area contributed by atoms with Crippen LogP contribution in [0.4, 0.5) is 5.69 Å². The van der Waals surface area contributed by atoms with E-state index in [2.05, 4.69) is 20.6 Å². The van der Waals surface area contributed by atoms with Gasteiger partial charge >= 0.3 is 0 Å². The molecule has 0 amide bonds. The third kappa shape index (κ3) is 6.93. The Labute approximate surface area is 188 Å². The third-order valence-electron chi connectivity index (χ3n) is 4.06. The Morgan fingerprint density at radius 1 is 1.17 bits per heavy atom. The highest BCUT2D eigenvalue weighted by Gasteiger charge is 2.12. The molecule has 0 aliphatic carbocycles. The number of pyridine rings is 1. The third-order valence-corrected chi connectivity index (χ3v) is 4.06. The number of ether oxygens (including phenoxy) is 4. The first kappa shape index (κ1) is 23.0. The molecule has 9 heteroatoms. The molecule has 0 unspecified atom stereocenters. The van der Waals surface area contributed by atoms with Gasteiger partial charge in [-0.1, -0.05) is 6.07 Å².